The highest BCUT2D eigenvalue weighted by Gasteiger charge is 2.36. The van der Waals surface area contributed by atoms with E-state index in [1.807, 2.05) is 20.0 Å². The van der Waals surface area contributed by atoms with E-state index in [2.05, 4.69) is 20.6 Å². The highest BCUT2D eigenvalue weighted by Crippen LogP contribution is 2.33. The molecule has 2 aliphatic rings. The molecule has 2 atom stereocenters. The molecule has 0 aliphatic heterocycles. The normalized spacial score (nSPS) is 23.4. The molecule has 6 heteroatoms. The van der Waals surface area contributed by atoms with Gasteiger partial charge in [-0.15, -0.1) is 0 Å². The summed E-state index contributed by atoms with van der Waals surface area (Å²) in [4.78, 5) is 21.4. The van der Waals surface area contributed by atoms with E-state index >= 15 is 0 Å². The van der Waals surface area contributed by atoms with Crippen LogP contribution in [-0.4, -0.2) is 33.3 Å². The first-order valence-electron chi connectivity index (χ1n) is 9.54. The smallest absolute Gasteiger partial charge is 0.315 e. The minimum Gasteiger partial charge on any atom is -0.394 e. The van der Waals surface area contributed by atoms with Gasteiger partial charge in [0, 0.05) is 17.5 Å². The van der Waals surface area contributed by atoms with Gasteiger partial charge in [-0.2, -0.15) is 0 Å². The SMILES string of the molecule is Cc1ncc2c(n1)CCCC2NC(=O)NC(C)(CO)C1CCCCC1. The lowest BCUT2D eigenvalue weighted by Gasteiger charge is -2.39. The third-order valence-corrected chi connectivity index (χ3v) is 5.84. The van der Waals surface area contributed by atoms with Gasteiger partial charge in [-0.25, -0.2) is 14.8 Å². The summed E-state index contributed by atoms with van der Waals surface area (Å²) in [6.07, 6.45) is 10.4. The number of nitrogens with zero attached hydrogens (tertiary/aromatic N) is 2. The summed E-state index contributed by atoms with van der Waals surface area (Å²) in [5.41, 5.74) is 1.50. The van der Waals surface area contributed by atoms with Gasteiger partial charge in [0.15, 0.2) is 0 Å². The highest BCUT2D eigenvalue weighted by molar-refractivity contribution is 5.75. The number of nitrogens with one attached hydrogen (secondary N) is 2. The molecule has 2 amide bonds. The lowest BCUT2D eigenvalue weighted by Crippen LogP contribution is -2.57. The zero-order valence-corrected chi connectivity index (χ0v) is 15.3. The number of aryl methyl sites for hydroxylation is 2. The number of hydrogen-bond donors (Lipinski definition) is 3. The van der Waals surface area contributed by atoms with Crippen molar-refractivity contribution < 1.29 is 9.90 Å². The predicted octanol–water partition coefficient (Wildman–Crippen LogP) is 2.79. The summed E-state index contributed by atoms with van der Waals surface area (Å²) < 4.78 is 0. The minimum absolute atomic E-state index is 0.0331. The van der Waals surface area contributed by atoms with Crippen LogP contribution in [0.3, 0.4) is 0 Å². The summed E-state index contributed by atoms with van der Waals surface area (Å²) in [7, 11) is 0. The number of aliphatic hydroxyl groups excluding tert-OH is 1. The Morgan fingerprint density at radius 3 is 2.76 bits per heavy atom. The van der Waals surface area contributed by atoms with Crippen molar-refractivity contribution in [1.29, 1.82) is 0 Å². The van der Waals surface area contributed by atoms with Crippen molar-refractivity contribution in [3.63, 3.8) is 0 Å². The molecule has 6 nitrogen and oxygen atoms in total. The van der Waals surface area contributed by atoms with Gasteiger partial charge in [0.05, 0.1) is 18.2 Å². The van der Waals surface area contributed by atoms with E-state index in [-0.39, 0.29) is 18.7 Å². The van der Waals surface area contributed by atoms with Gasteiger partial charge in [0.1, 0.15) is 5.82 Å². The number of fused-ring (bicyclic) bond motifs is 1. The average molecular weight is 346 g/mol. The van der Waals surface area contributed by atoms with E-state index in [1.54, 1.807) is 0 Å². The van der Waals surface area contributed by atoms with Crippen molar-refractivity contribution >= 4 is 6.03 Å². The predicted molar refractivity (Wildman–Crippen MR) is 96.2 cm³/mol. The van der Waals surface area contributed by atoms with E-state index in [0.29, 0.717) is 5.92 Å². The Hall–Kier alpha value is -1.69. The lowest BCUT2D eigenvalue weighted by atomic mass is 9.76. The van der Waals surface area contributed by atoms with E-state index < -0.39 is 5.54 Å². The summed E-state index contributed by atoms with van der Waals surface area (Å²) >= 11 is 0. The van der Waals surface area contributed by atoms with Crippen molar-refractivity contribution in [2.45, 2.75) is 76.8 Å². The van der Waals surface area contributed by atoms with Crippen molar-refractivity contribution in [2.24, 2.45) is 5.92 Å². The Balaban J connectivity index is 1.66. The van der Waals surface area contributed by atoms with Gasteiger partial charge in [-0.3, -0.25) is 0 Å². The van der Waals surface area contributed by atoms with Gasteiger partial charge in [-0.05, 0) is 51.9 Å². The van der Waals surface area contributed by atoms with Crippen molar-refractivity contribution in [1.82, 2.24) is 20.6 Å². The summed E-state index contributed by atoms with van der Waals surface area (Å²) in [5.74, 6) is 1.11. The first-order chi connectivity index (χ1) is 12.0. The Kier molecular flexibility index (Phi) is 5.57. The van der Waals surface area contributed by atoms with Crippen LogP contribution in [0.2, 0.25) is 0 Å². The molecule has 1 aromatic heterocycles. The van der Waals surface area contributed by atoms with Crippen LogP contribution in [-0.2, 0) is 6.42 Å². The molecule has 0 bridgehead atoms. The fraction of sp³-hybridized carbons (Fsp3) is 0.737. The maximum atomic E-state index is 12.6. The third-order valence-electron chi connectivity index (χ3n) is 5.84. The fourth-order valence-electron chi connectivity index (χ4n) is 4.26. The number of hydrogen-bond acceptors (Lipinski definition) is 4. The Morgan fingerprint density at radius 1 is 1.28 bits per heavy atom. The molecule has 0 saturated heterocycles. The average Bonchev–Trinajstić information content (AvgIpc) is 2.62. The van der Waals surface area contributed by atoms with E-state index in [0.717, 1.165) is 49.2 Å². The van der Waals surface area contributed by atoms with Crippen molar-refractivity contribution in [3.8, 4) is 0 Å². The minimum atomic E-state index is -0.564. The maximum absolute atomic E-state index is 12.6. The first-order valence-corrected chi connectivity index (χ1v) is 9.54. The second-order valence-electron chi connectivity index (χ2n) is 7.77. The second kappa shape index (κ2) is 7.68. The largest absolute Gasteiger partial charge is 0.394 e. The number of amides is 2. The number of carbonyl (C=O) groups excluding carboxylic acids is 1. The molecular formula is C19H30N4O2. The quantitative estimate of drug-likeness (QED) is 0.782. The molecule has 3 N–H and O–H groups in total. The van der Waals surface area contributed by atoms with Crippen LogP contribution in [0.15, 0.2) is 6.20 Å². The molecule has 1 aromatic rings. The fourth-order valence-corrected chi connectivity index (χ4v) is 4.26. The number of urea groups is 1. The van der Waals surface area contributed by atoms with Gasteiger partial charge in [0.25, 0.3) is 0 Å². The van der Waals surface area contributed by atoms with E-state index in [1.165, 1.54) is 19.3 Å². The summed E-state index contributed by atoms with van der Waals surface area (Å²) in [6, 6.07) is -0.265. The zero-order valence-electron chi connectivity index (χ0n) is 15.3. The Morgan fingerprint density at radius 2 is 2.04 bits per heavy atom. The maximum Gasteiger partial charge on any atom is 0.315 e. The number of rotatable bonds is 4. The second-order valence-corrected chi connectivity index (χ2v) is 7.77. The molecule has 1 fully saturated rings. The molecule has 1 saturated carbocycles. The van der Waals surface area contributed by atoms with Crippen molar-refractivity contribution in [2.75, 3.05) is 6.61 Å². The van der Waals surface area contributed by atoms with Crippen LogP contribution in [0.1, 0.15) is 75.0 Å². The van der Waals surface area contributed by atoms with Gasteiger partial charge >= 0.3 is 6.03 Å². The Labute approximate surface area is 149 Å². The summed E-state index contributed by atoms with van der Waals surface area (Å²) in [5, 5.41) is 16.1. The molecular weight excluding hydrogens is 316 g/mol. The van der Waals surface area contributed by atoms with Crippen LogP contribution >= 0.6 is 0 Å². The molecule has 1 heterocycles. The van der Waals surface area contributed by atoms with Crippen LogP contribution in [0.5, 0.6) is 0 Å². The standard InChI is InChI=1S/C19H30N4O2/c1-13-20-11-15-16(21-13)9-6-10-17(15)22-18(25)23-19(2,12-24)14-7-4-3-5-8-14/h11,14,17,24H,3-10,12H2,1-2H3,(H2,22,23,25). The molecule has 2 aliphatic carbocycles. The zero-order chi connectivity index (χ0) is 17.9. The van der Waals surface area contributed by atoms with E-state index in [9.17, 15) is 9.90 Å². The van der Waals surface area contributed by atoms with Crippen LogP contribution in [0.25, 0.3) is 0 Å². The Bertz CT molecular complexity index is 615. The molecule has 138 valence electrons. The topological polar surface area (TPSA) is 87.1 Å². The number of aliphatic hydroxyl groups is 1. The van der Waals surface area contributed by atoms with E-state index in [4.69, 9.17) is 0 Å². The van der Waals surface area contributed by atoms with Crippen LogP contribution < -0.4 is 10.6 Å². The first kappa shape index (κ1) is 18.1. The van der Waals surface area contributed by atoms with Gasteiger partial charge < -0.3 is 15.7 Å². The van der Waals surface area contributed by atoms with Crippen LogP contribution in [0.4, 0.5) is 4.79 Å². The molecule has 25 heavy (non-hydrogen) atoms. The highest BCUT2D eigenvalue weighted by atomic mass is 16.3. The van der Waals surface area contributed by atoms with Gasteiger partial charge in [-0.1, -0.05) is 19.3 Å². The third kappa shape index (κ3) is 4.11. The van der Waals surface area contributed by atoms with Gasteiger partial charge in [0.2, 0.25) is 0 Å². The lowest BCUT2D eigenvalue weighted by molar-refractivity contribution is 0.100. The molecule has 0 aromatic carbocycles. The molecule has 0 spiro atoms. The molecule has 3 rings (SSSR count). The van der Waals surface area contributed by atoms with Crippen molar-refractivity contribution in [3.05, 3.63) is 23.3 Å². The van der Waals surface area contributed by atoms with Crippen LogP contribution in [0, 0.1) is 12.8 Å². The number of carbonyl (C=O) groups is 1. The molecule has 2 unspecified atom stereocenters. The molecule has 0 radical (unpaired) electrons. The summed E-state index contributed by atoms with van der Waals surface area (Å²) in [6.45, 7) is 3.82. The number of aromatic nitrogens is 2. The monoisotopic (exact) mass is 346 g/mol.